The summed E-state index contributed by atoms with van der Waals surface area (Å²) in [6.07, 6.45) is -1.53. The van der Waals surface area contributed by atoms with E-state index in [4.69, 9.17) is 4.98 Å². The van der Waals surface area contributed by atoms with Crippen LogP contribution in [-0.4, -0.2) is 14.8 Å². The Morgan fingerprint density at radius 1 is 1.11 bits per heavy atom. The molecular weight excluding hydrogens is 383 g/mol. The summed E-state index contributed by atoms with van der Waals surface area (Å²) >= 11 is 1.67. The number of rotatable bonds is 4. The van der Waals surface area contributed by atoms with Crippen molar-refractivity contribution in [3.63, 3.8) is 0 Å². The molecule has 4 rings (SSSR count). The number of aromatic nitrogens is 3. The maximum absolute atomic E-state index is 13.0. The van der Waals surface area contributed by atoms with Gasteiger partial charge < -0.3 is 0 Å². The molecule has 0 N–H and O–H groups in total. The van der Waals surface area contributed by atoms with E-state index in [9.17, 15) is 13.2 Å². The summed E-state index contributed by atoms with van der Waals surface area (Å²) in [5.74, 6) is 0. The fourth-order valence-electron chi connectivity index (χ4n) is 3.26. The smallest absolute Gasteiger partial charge is 0.267 e. The first-order valence-corrected chi connectivity index (χ1v) is 9.76. The molecule has 2 aromatic carbocycles. The van der Waals surface area contributed by atoms with Crippen LogP contribution in [0.2, 0.25) is 0 Å². The molecular formula is C21H18F3N3S. The summed E-state index contributed by atoms with van der Waals surface area (Å²) in [6, 6.07) is 11.2. The Morgan fingerprint density at radius 2 is 1.89 bits per heavy atom. The fraction of sp³-hybridized carbons (Fsp3) is 0.238. The quantitative estimate of drug-likeness (QED) is 0.414. The number of nitrogens with zero attached hydrogens (tertiary/aromatic N) is 3. The molecule has 28 heavy (non-hydrogen) atoms. The van der Waals surface area contributed by atoms with Crippen LogP contribution in [0.4, 0.5) is 13.2 Å². The third kappa shape index (κ3) is 3.54. The largest absolute Gasteiger partial charge is 0.416 e. The standard InChI is InChI=1S/C21H18F3N3S/c1-3-19-13(2)25-20(28-19)16-8-5-9-18-17(16)12-27(26-18)11-14-6-4-7-15(10-14)21(22,23)24/h4-10,12H,3,11H2,1-2H3. The maximum atomic E-state index is 13.0. The number of aryl methyl sites for hydroxylation is 2. The third-order valence-electron chi connectivity index (χ3n) is 4.64. The van der Waals surface area contributed by atoms with Crippen LogP contribution in [0.15, 0.2) is 48.7 Å². The molecule has 144 valence electrons. The van der Waals surface area contributed by atoms with Crippen LogP contribution in [0, 0.1) is 6.92 Å². The second kappa shape index (κ2) is 7.05. The van der Waals surface area contributed by atoms with Crippen LogP contribution in [0.1, 0.15) is 28.6 Å². The van der Waals surface area contributed by atoms with Gasteiger partial charge >= 0.3 is 6.18 Å². The predicted octanol–water partition coefficient (Wildman–Crippen LogP) is 6.10. The molecule has 0 radical (unpaired) electrons. The number of alkyl halides is 3. The van der Waals surface area contributed by atoms with E-state index >= 15 is 0 Å². The summed E-state index contributed by atoms with van der Waals surface area (Å²) in [4.78, 5) is 5.94. The first kappa shape index (κ1) is 18.7. The molecule has 0 saturated carbocycles. The number of fused-ring (bicyclic) bond motifs is 1. The van der Waals surface area contributed by atoms with Gasteiger partial charge in [-0.05, 0) is 37.1 Å². The number of thiazole rings is 1. The summed E-state index contributed by atoms with van der Waals surface area (Å²) in [5, 5.41) is 6.44. The number of hydrogen-bond donors (Lipinski definition) is 0. The molecule has 0 bridgehead atoms. The summed E-state index contributed by atoms with van der Waals surface area (Å²) in [7, 11) is 0. The second-order valence-electron chi connectivity index (χ2n) is 6.64. The van der Waals surface area contributed by atoms with Gasteiger partial charge in [-0.25, -0.2) is 4.98 Å². The molecule has 2 aromatic heterocycles. The molecule has 4 aromatic rings. The highest BCUT2D eigenvalue weighted by molar-refractivity contribution is 7.15. The Hall–Kier alpha value is -2.67. The van der Waals surface area contributed by atoms with Gasteiger partial charge in [0.1, 0.15) is 5.01 Å². The Kier molecular flexibility index (Phi) is 4.71. The van der Waals surface area contributed by atoms with Crippen molar-refractivity contribution in [2.75, 3.05) is 0 Å². The van der Waals surface area contributed by atoms with Gasteiger partial charge in [-0.15, -0.1) is 11.3 Å². The average Bonchev–Trinajstić information content (AvgIpc) is 3.23. The van der Waals surface area contributed by atoms with Crippen molar-refractivity contribution in [1.29, 1.82) is 0 Å². The normalized spacial score (nSPS) is 12.0. The van der Waals surface area contributed by atoms with Crippen LogP contribution in [0.25, 0.3) is 21.5 Å². The van der Waals surface area contributed by atoms with E-state index in [1.807, 2.05) is 31.3 Å². The highest BCUT2D eigenvalue weighted by Crippen LogP contribution is 2.33. The van der Waals surface area contributed by atoms with E-state index in [1.165, 1.54) is 17.0 Å². The van der Waals surface area contributed by atoms with Crippen molar-refractivity contribution in [2.24, 2.45) is 0 Å². The minimum atomic E-state index is -4.35. The molecule has 3 nitrogen and oxygen atoms in total. The van der Waals surface area contributed by atoms with Crippen molar-refractivity contribution >= 4 is 22.2 Å². The predicted molar refractivity (Wildman–Crippen MR) is 106 cm³/mol. The summed E-state index contributed by atoms with van der Waals surface area (Å²) in [6.45, 7) is 4.39. The number of hydrogen-bond acceptors (Lipinski definition) is 3. The molecule has 0 fully saturated rings. The van der Waals surface area contributed by atoms with Crippen molar-refractivity contribution in [3.05, 3.63) is 70.4 Å². The van der Waals surface area contributed by atoms with E-state index in [2.05, 4.69) is 12.0 Å². The lowest BCUT2D eigenvalue weighted by molar-refractivity contribution is -0.137. The average molecular weight is 401 g/mol. The molecule has 0 spiro atoms. The molecule has 0 aliphatic heterocycles. The minimum Gasteiger partial charge on any atom is -0.267 e. The Balaban J connectivity index is 1.71. The summed E-state index contributed by atoms with van der Waals surface area (Å²) in [5.41, 5.74) is 2.75. The molecule has 2 heterocycles. The zero-order valence-corrected chi connectivity index (χ0v) is 16.2. The van der Waals surface area contributed by atoms with Gasteiger partial charge in [0.05, 0.1) is 23.3 Å². The van der Waals surface area contributed by atoms with Crippen molar-refractivity contribution in [2.45, 2.75) is 33.0 Å². The molecule has 0 saturated heterocycles. The number of benzene rings is 2. The monoisotopic (exact) mass is 401 g/mol. The molecule has 0 aliphatic carbocycles. The van der Waals surface area contributed by atoms with Gasteiger partial charge in [0.25, 0.3) is 0 Å². The lowest BCUT2D eigenvalue weighted by Crippen LogP contribution is -2.07. The molecule has 0 amide bonds. The second-order valence-corrected chi connectivity index (χ2v) is 7.73. The van der Waals surface area contributed by atoms with Gasteiger partial charge in [-0.1, -0.05) is 31.2 Å². The Labute approximate surface area is 164 Å². The highest BCUT2D eigenvalue weighted by Gasteiger charge is 2.30. The van der Waals surface area contributed by atoms with Crippen LogP contribution in [0.3, 0.4) is 0 Å². The molecule has 0 atom stereocenters. The minimum absolute atomic E-state index is 0.273. The van der Waals surface area contributed by atoms with Gasteiger partial charge in [0.2, 0.25) is 0 Å². The highest BCUT2D eigenvalue weighted by atomic mass is 32.1. The Bertz CT molecular complexity index is 1140. The van der Waals surface area contributed by atoms with Crippen molar-refractivity contribution in [3.8, 4) is 10.6 Å². The third-order valence-corrected chi connectivity index (χ3v) is 5.98. The Morgan fingerprint density at radius 3 is 2.61 bits per heavy atom. The van der Waals surface area contributed by atoms with Crippen molar-refractivity contribution < 1.29 is 13.2 Å². The van der Waals surface area contributed by atoms with Gasteiger partial charge in [-0.3, -0.25) is 4.68 Å². The zero-order chi connectivity index (χ0) is 19.9. The van der Waals surface area contributed by atoms with Crippen LogP contribution < -0.4 is 0 Å². The molecule has 0 aliphatic rings. The lowest BCUT2D eigenvalue weighted by atomic mass is 10.1. The topological polar surface area (TPSA) is 30.7 Å². The maximum Gasteiger partial charge on any atom is 0.416 e. The molecule has 0 unspecified atom stereocenters. The fourth-order valence-corrected chi connectivity index (χ4v) is 4.31. The first-order chi connectivity index (χ1) is 13.3. The van der Waals surface area contributed by atoms with E-state index in [-0.39, 0.29) is 6.54 Å². The summed E-state index contributed by atoms with van der Waals surface area (Å²) < 4.78 is 40.5. The SMILES string of the molecule is CCc1sc(-c2cccc3nn(Cc4cccc(C(F)(F)F)c4)cc23)nc1C. The zero-order valence-electron chi connectivity index (χ0n) is 15.4. The van der Waals surface area contributed by atoms with E-state index in [0.29, 0.717) is 5.56 Å². The van der Waals surface area contributed by atoms with Crippen LogP contribution in [-0.2, 0) is 19.1 Å². The van der Waals surface area contributed by atoms with E-state index < -0.39 is 11.7 Å². The van der Waals surface area contributed by atoms with Crippen LogP contribution in [0.5, 0.6) is 0 Å². The van der Waals surface area contributed by atoms with Gasteiger partial charge in [-0.2, -0.15) is 18.3 Å². The van der Waals surface area contributed by atoms with Crippen LogP contribution >= 0.6 is 11.3 Å². The van der Waals surface area contributed by atoms with Crippen molar-refractivity contribution in [1.82, 2.24) is 14.8 Å². The van der Waals surface area contributed by atoms with E-state index in [0.717, 1.165) is 39.7 Å². The lowest BCUT2D eigenvalue weighted by Gasteiger charge is -2.08. The molecule has 7 heteroatoms. The van der Waals surface area contributed by atoms with Gasteiger partial charge in [0.15, 0.2) is 0 Å². The number of halogens is 3. The first-order valence-electron chi connectivity index (χ1n) is 8.94. The van der Waals surface area contributed by atoms with Gasteiger partial charge in [0, 0.05) is 22.0 Å². The van der Waals surface area contributed by atoms with E-state index in [1.54, 1.807) is 22.1 Å².